The zero-order chi connectivity index (χ0) is 14.5. The van der Waals surface area contributed by atoms with Crippen LogP contribution in [0, 0.1) is 16.7 Å². The summed E-state index contributed by atoms with van der Waals surface area (Å²) in [5, 5.41) is 0. The Balaban J connectivity index is 1.99. The van der Waals surface area contributed by atoms with Crippen LogP contribution in [0.25, 0.3) is 6.08 Å². The molecule has 0 aliphatic heterocycles. The second-order valence-corrected chi connectivity index (χ2v) is 6.85. The Hall–Kier alpha value is -1.57. The van der Waals surface area contributed by atoms with Crippen LogP contribution in [0.5, 0.6) is 5.75 Å². The summed E-state index contributed by atoms with van der Waals surface area (Å²) in [5.41, 5.74) is 2.02. The molecule has 1 aromatic rings. The smallest absolute Gasteiger partial charge is 0.165 e. The molecule has 0 saturated heterocycles. The highest BCUT2D eigenvalue weighted by Crippen LogP contribution is 2.65. The molecule has 2 saturated carbocycles. The average Bonchev–Trinajstić information content (AvgIpc) is 2.74. The third-order valence-corrected chi connectivity index (χ3v) is 5.80. The number of carbonyl (C=O) groups excluding carboxylic acids is 1. The molecule has 0 aromatic heterocycles. The van der Waals surface area contributed by atoms with Gasteiger partial charge in [-0.05, 0) is 53.5 Å². The summed E-state index contributed by atoms with van der Waals surface area (Å²) < 4.78 is 5.17. The monoisotopic (exact) mass is 270 g/mol. The highest BCUT2D eigenvalue weighted by atomic mass is 16.5. The van der Waals surface area contributed by atoms with E-state index in [4.69, 9.17) is 4.74 Å². The number of allylic oxidation sites excluding steroid dienone is 1. The molecule has 2 fully saturated rings. The third-order valence-electron chi connectivity index (χ3n) is 5.80. The van der Waals surface area contributed by atoms with Gasteiger partial charge in [-0.15, -0.1) is 0 Å². The second-order valence-electron chi connectivity index (χ2n) is 6.85. The Kier molecular flexibility index (Phi) is 2.82. The molecule has 0 N–H and O–H groups in total. The maximum absolute atomic E-state index is 12.7. The van der Waals surface area contributed by atoms with Crippen LogP contribution in [0.3, 0.4) is 0 Å². The molecule has 20 heavy (non-hydrogen) atoms. The number of hydrogen-bond acceptors (Lipinski definition) is 2. The number of rotatable bonds is 2. The second kappa shape index (κ2) is 4.21. The molecule has 2 aliphatic carbocycles. The van der Waals surface area contributed by atoms with Crippen molar-refractivity contribution in [2.75, 3.05) is 7.11 Å². The molecule has 2 aliphatic rings. The van der Waals surface area contributed by atoms with Crippen molar-refractivity contribution in [2.24, 2.45) is 16.7 Å². The largest absolute Gasteiger partial charge is 0.497 e. The van der Waals surface area contributed by atoms with Crippen molar-refractivity contribution in [3.63, 3.8) is 0 Å². The van der Waals surface area contributed by atoms with E-state index in [0.29, 0.717) is 11.7 Å². The van der Waals surface area contributed by atoms with E-state index in [-0.39, 0.29) is 10.8 Å². The minimum atomic E-state index is -0.171. The Morgan fingerprint density at radius 2 is 1.85 bits per heavy atom. The van der Waals surface area contributed by atoms with Gasteiger partial charge in [0, 0.05) is 5.41 Å². The molecule has 0 spiro atoms. The van der Waals surface area contributed by atoms with Crippen LogP contribution in [0.15, 0.2) is 29.8 Å². The molecule has 2 unspecified atom stereocenters. The topological polar surface area (TPSA) is 26.3 Å². The van der Waals surface area contributed by atoms with Gasteiger partial charge in [-0.25, -0.2) is 0 Å². The van der Waals surface area contributed by atoms with Gasteiger partial charge in [-0.3, -0.25) is 4.79 Å². The van der Waals surface area contributed by atoms with Gasteiger partial charge in [0.1, 0.15) is 5.75 Å². The van der Waals surface area contributed by atoms with Crippen LogP contribution in [-0.2, 0) is 4.79 Å². The molecular formula is C18H22O2. The van der Waals surface area contributed by atoms with Crippen molar-refractivity contribution in [1.82, 2.24) is 0 Å². The number of benzene rings is 1. The number of fused-ring (bicyclic) bond motifs is 2. The Bertz CT molecular complexity index is 580. The van der Waals surface area contributed by atoms with E-state index >= 15 is 0 Å². The van der Waals surface area contributed by atoms with E-state index in [9.17, 15) is 4.79 Å². The number of Topliss-reactive ketones (excluding diaryl/α,β-unsaturated/α-hetero) is 1. The lowest BCUT2D eigenvalue weighted by Crippen LogP contribution is -2.32. The van der Waals surface area contributed by atoms with Gasteiger partial charge in [0.15, 0.2) is 5.78 Å². The highest BCUT2D eigenvalue weighted by Gasteiger charge is 2.63. The molecule has 2 bridgehead atoms. The van der Waals surface area contributed by atoms with Gasteiger partial charge in [0.2, 0.25) is 0 Å². The first-order valence-electron chi connectivity index (χ1n) is 7.30. The molecule has 0 heterocycles. The van der Waals surface area contributed by atoms with Crippen molar-refractivity contribution < 1.29 is 9.53 Å². The quantitative estimate of drug-likeness (QED) is 0.756. The molecule has 0 amide bonds. The number of ketones is 1. The van der Waals surface area contributed by atoms with Gasteiger partial charge in [-0.2, -0.15) is 0 Å². The molecule has 0 radical (unpaired) electrons. The SMILES string of the molecule is COc1ccc(C=C2C(=O)C3(C)CCC2C3(C)C)cc1. The van der Waals surface area contributed by atoms with E-state index in [1.54, 1.807) is 7.11 Å². The molecule has 2 atom stereocenters. The first-order valence-corrected chi connectivity index (χ1v) is 7.30. The van der Waals surface area contributed by atoms with Crippen LogP contribution >= 0.6 is 0 Å². The van der Waals surface area contributed by atoms with Crippen LogP contribution < -0.4 is 4.74 Å². The van der Waals surface area contributed by atoms with Crippen molar-refractivity contribution in [3.05, 3.63) is 35.4 Å². The summed E-state index contributed by atoms with van der Waals surface area (Å²) in [6.45, 7) is 6.64. The van der Waals surface area contributed by atoms with Gasteiger partial charge < -0.3 is 4.74 Å². The Labute approximate surface area is 120 Å². The maximum Gasteiger partial charge on any atom is 0.165 e. The lowest BCUT2D eigenvalue weighted by atomic mass is 9.70. The summed E-state index contributed by atoms with van der Waals surface area (Å²) in [6, 6.07) is 7.91. The summed E-state index contributed by atoms with van der Waals surface area (Å²) in [5.74, 6) is 1.61. The summed E-state index contributed by atoms with van der Waals surface area (Å²) in [4.78, 5) is 12.7. The van der Waals surface area contributed by atoms with Gasteiger partial charge in [-0.1, -0.05) is 32.9 Å². The van der Waals surface area contributed by atoms with E-state index in [2.05, 4.69) is 26.8 Å². The minimum Gasteiger partial charge on any atom is -0.497 e. The fraction of sp³-hybridized carbons (Fsp3) is 0.500. The van der Waals surface area contributed by atoms with Crippen molar-refractivity contribution in [2.45, 2.75) is 33.6 Å². The predicted molar refractivity (Wildman–Crippen MR) is 80.6 cm³/mol. The van der Waals surface area contributed by atoms with E-state index in [0.717, 1.165) is 29.7 Å². The fourth-order valence-electron chi connectivity index (χ4n) is 3.97. The van der Waals surface area contributed by atoms with Gasteiger partial charge >= 0.3 is 0 Å². The number of hydrogen-bond donors (Lipinski definition) is 0. The summed E-state index contributed by atoms with van der Waals surface area (Å²) in [7, 11) is 1.66. The predicted octanol–water partition coefficient (Wildman–Crippen LogP) is 4.10. The Morgan fingerprint density at radius 1 is 1.20 bits per heavy atom. The first kappa shape index (κ1) is 13.4. The lowest BCUT2D eigenvalue weighted by molar-refractivity contribution is -0.125. The maximum atomic E-state index is 12.7. The fourth-order valence-corrected chi connectivity index (χ4v) is 3.97. The van der Waals surface area contributed by atoms with Gasteiger partial charge in [0.25, 0.3) is 0 Å². The number of ether oxygens (including phenoxy) is 1. The van der Waals surface area contributed by atoms with Crippen LogP contribution in [0.1, 0.15) is 39.2 Å². The first-order chi connectivity index (χ1) is 9.40. The molecule has 106 valence electrons. The van der Waals surface area contributed by atoms with Crippen molar-refractivity contribution in [3.8, 4) is 5.75 Å². The molecular weight excluding hydrogens is 248 g/mol. The standard InChI is InChI=1S/C18H22O2/c1-17(2)15-9-10-18(17,3)16(19)14(15)11-12-5-7-13(20-4)8-6-12/h5-8,11,15H,9-10H2,1-4H3. The molecule has 2 heteroatoms. The number of carbonyl (C=O) groups is 1. The molecule has 2 nitrogen and oxygen atoms in total. The normalized spacial score (nSPS) is 32.9. The zero-order valence-electron chi connectivity index (χ0n) is 12.7. The van der Waals surface area contributed by atoms with Crippen molar-refractivity contribution >= 4 is 11.9 Å². The molecule has 3 rings (SSSR count). The van der Waals surface area contributed by atoms with Crippen LogP contribution in [-0.4, -0.2) is 12.9 Å². The average molecular weight is 270 g/mol. The summed E-state index contributed by atoms with van der Waals surface area (Å²) in [6.07, 6.45) is 4.25. The summed E-state index contributed by atoms with van der Waals surface area (Å²) >= 11 is 0. The van der Waals surface area contributed by atoms with Crippen molar-refractivity contribution in [1.29, 1.82) is 0 Å². The van der Waals surface area contributed by atoms with E-state index in [1.165, 1.54) is 0 Å². The van der Waals surface area contributed by atoms with E-state index < -0.39 is 0 Å². The highest BCUT2D eigenvalue weighted by molar-refractivity contribution is 6.07. The zero-order valence-corrected chi connectivity index (χ0v) is 12.7. The number of methoxy groups -OCH3 is 1. The lowest BCUT2D eigenvalue weighted by Gasteiger charge is -2.31. The van der Waals surface area contributed by atoms with Crippen LogP contribution in [0.4, 0.5) is 0 Å². The van der Waals surface area contributed by atoms with E-state index in [1.807, 2.05) is 24.3 Å². The minimum absolute atomic E-state index is 0.0857. The third kappa shape index (κ3) is 1.60. The van der Waals surface area contributed by atoms with Gasteiger partial charge in [0.05, 0.1) is 7.11 Å². The van der Waals surface area contributed by atoms with Crippen LogP contribution in [0.2, 0.25) is 0 Å². The Morgan fingerprint density at radius 3 is 2.35 bits per heavy atom. The molecule has 1 aromatic carbocycles.